The molecule has 0 rings (SSSR count). The molecule has 0 aliphatic rings. The van der Waals surface area contributed by atoms with Gasteiger partial charge in [0.25, 0.3) is 0 Å². The minimum absolute atomic E-state index is 0. The van der Waals surface area contributed by atoms with Crippen LogP contribution in [0.1, 0.15) is 13.8 Å². The zero-order valence-electron chi connectivity index (χ0n) is 10.6. The van der Waals surface area contributed by atoms with Crippen molar-refractivity contribution in [2.24, 2.45) is 11.5 Å². The first-order chi connectivity index (χ1) is 7.11. The fourth-order valence-corrected chi connectivity index (χ4v) is 0.413. The van der Waals surface area contributed by atoms with Crippen molar-refractivity contribution in [1.82, 2.24) is 0 Å². The summed E-state index contributed by atoms with van der Waals surface area (Å²) in [6, 6.07) is -2.31. The summed E-state index contributed by atoms with van der Waals surface area (Å²) < 4.78 is 0. The summed E-state index contributed by atoms with van der Waals surface area (Å²) in [7, 11) is 0. The number of nitrogens with two attached hydrogens (primary N) is 2. The Labute approximate surface area is 120 Å². The van der Waals surface area contributed by atoms with Gasteiger partial charge in [-0.3, -0.25) is 9.59 Å². The van der Waals surface area contributed by atoms with Crippen LogP contribution in [0.5, 0.6) is 0 Å². The van der Waals surface area contributed by atoms with Crippen LogP contribution in [0.15, 0.2) is 0 Å². The van der Waals surface area contributed by atoms with Crippen LogP contribution < -0.4 is 11.5 Å². The Hall–Kier alpha value is -0.794. The van der Waals surface area contributed by atoms with E-state index in [4.69, 9.17) is 31.9 Å². The predicted octanol–water partition coefficient (Wildman–Crippen LogP) is -4.29. The fourth-order valence-electron chi connectivity index (χ4n) is 0.413. The number of carboxylic acids is 2. The molecule has 1 radical (unpaired) electrons. The summed E-state index contributed by atoms with van der Waals surface area (Å²) in [6.45, 7) is 2.66. The summed E-state index contributed by atoms with van der Waals surface area (Å²) in [4.78, 5) is 19.7. The molecule has 0 aliphatic heterocycles. The zero-order chi connectivity index (χ0) is 13.5. The van der Waals surface area contributed by atoms with Gasteiger partial charge in [0.2, 0.25) is 0 Å². The predicted molar refractivity (Wildman–Crippen MR) is 64.3 cm³/mol. The first-order valence-electron chi connectivity index (χ1n) is 4.44. The molecule has 0 aliphatic carbocycles. The van der Waals surface area contributed by atoms with Gasteiger partial charge in [0.05, 0.1) is 12.2 Å². The van der Waals surface area contributed by atoms with E-state index in [0.29, 0.717) is 0 Å². The van der Waals surface area contributed by atoms with Crippen LogP contribution in [-0.2, 0) is 37.3 Å². The van der Waals surface area contributed by atoms with Crippen molar-refractivity contribution in [3.05, 3.63) is 0 Å². The molecule has 0 aromatic rings. The topological polar surface area (TPSA) is 233 Å². The first-order valence-corrected chi connectivity index (χ1v) is 4.44. The van der Waals surface area contributed by atoms with Crippen LogP contribution >= 0.6 is 0 Å². The van der Waals surface area contributed by atoms with Crippen molar-refractivity contribution in [2.45, 2.75) is 38.1 Å². The number of carbonyl (C=O) groups is 2. The van der Waals surface area contributed by atoms with E-state index in [1.165, 1.54) is 13.8 Å². The van der Waals surface area contributed by atoms with E-state index >= 15 is 0 Å². The Morgan fingerprint density at radius 3 is 1.00 bits per heavy atom. The molecule has 14 N–H and O–H groups in total. The summed E-state index contributed by atoms with van der Waals surface area (Å²) in [5.41, 5.74) is 9.82. The van der Waals surface area contributed by atoms with Gasteiger partial charge in [-0.25, -0.2) is 0 Å². The molecule has 11 heteroatoms. The Balaban J connectivity index is -0.0000000594. The van der Waals surface area contributed by atoms with E-state index in [1.54, 1.807) is 0 Å². The molecule has 0 saturated carbocycles. The molecule has 0 fully saturated rings. The molecular formula is C8H24CoN2O8+4. The van der Waals surface area contributed by atoms with Crippen molar-refractivity contribution in [1.29, 1.82) is 0 Å². The van der Waals surface area contributed by atoms with Gasteiger partial charge in [-0.05, 0) is 13.8 Å². The maximum absolute atomic E-state index is 9.86. The van der Waals surface area contributed by atoms with Crippen LogP contribution in [0.4, 0.5) is 0 Å². The van der Waals surface area contributed by atoms with Crippen LogP contribution in [0.3, 0.4) is 0 Å². The van der Waals surface area contributed by atoms with Crippen molar-refractivity contribution < 1.29 is 57.7 Å². The summed E-state index contributed by atoms with van der Waals surface area (Å²) in [6.07, 6.45) is -1.96. The molecular weight excluding hydrogens is 311 g/mol. The average molecular weight is 335 g/mol. The Morgan fingerprint density at radius 1 is 0.842 bits per heavy atom. The van der Waals surface area contributed by atoms with Crippen molar-refractivity contribution in [3.8, 4) is 0 Å². The number of rotatable bonds is 4. The molecule has 0 spiro atoms. The second kappa shape index (κ2) is 15.3. The third kappa shape index (κ3) is 17.2. The Morgan fingerprint density at radius 2 is 1.00 bits per heavy atom. The van der Waals surface area contributed by atoms with Gasteiger partial charge in [-0.15, -0.1) is 0 Å². The van der Waals surface area contributed by atoms with Gasteiger partial charge >= 0.3 is 28.7 Å². The smallest absolute Gasteiger partial charge is 0.480 e. The standard InChI is InChI=1S/2C4H9NO3.Co.2H2O/c2*1-2(6)3(5)4(7)8;;;/h2*2-3,6H,5H2,1H3,(H,7,8);;2*1H2/q;;+2;;/p+2. The van der Waals surface area contributed by atoms with E-state index in [9.17, 15) is 9.59 Å². The third-order valence-corrected chi connectivity index (χ3v) is 1.61. The summed E-state index contributed by atoms with van der Waals surface area (Å²) >= 11 is 0. The second-order valence-electron chi connectivity index (χ2n) is 3.21. The van der Waals surface area contributed by atoms with Gasteiger partial charge in [0.1, 0.15) is 12.1 Å². The number of hydrogen-bond donors (Lipinski definition) is 6. The van der Waals surface area contributed by atoms with Gasteiger partial charge in [0.15, 0.2) is 0 Å². The number of hydrogen-bond acceptors (Lipinski definition) is 6. The fraction of sp³-hybridized carbons (Fsp3) is 0.750. The molecule has 0 heterocycles. The van der Waals surface area contributed by atoms with Crippen LogP contribution in [-0.4, -0.2) is 56.7 Å². The number of carboxylic acid groups (broad SMARTS) is 2. The van der Waals surface area contributed by atoms with E-state index in [-0.39, 0.29) is 27.7 Å². The minimum atomic E-state index is -1.18. The zero-order valence-corrected chi connectivity index (χ0v) is 11.6. The molecule has 0 bridgehead atoms. The maximum Gasteiger partial charge on any atom is 2.00 e. The molecule has 0 saturated heterocycles. The molecule has 4 atom stereocenters. The van der Waals surface area contributed by atoms with Crippen molar-refractivity contribution in [3.63, 3.8) is 0 Å². The molecule has 0 aromatic heterocycles. The van der Waals surface area contributed by atoms with Crippen LogP contribution in [0.25, 0.3) is 0 Å². The third-order valence-electron chi connectivity index (χ3n) is 1.61. The Kier molecular flexibility index (Phi) is 24.8. The second-order valence-corrected chi connectivity index (χ2v) is 3.21. The maximum atomic E-state index is 9.86. The molecule has 119 valence electrons. The van der Waals surface area contributed by atoms with E-state index < -0.39 is 36.2 Å². The van der Waals surface area contributed by atoms with E-state index in [2.05, 4.69) is 0 Å². The molecule has 19 heavy (non-hydrogen) atoms. The quantitative estimate of drug-likeness (QED) is 0.274. The first kappa shape index (κ1) is 30.9. The summed E-state index contributed by atoms with van der Waals surface area (Å²) in [5, 5.41) is 33.1. The van der Waals surface area contributed by atoms with Crippen molar-refractivity contribution >= 4 is 11.9 Å². The molecule has 0 amide bonds. The van der Waals surface area contributed by atoms with Crippen molar-refractivity contribution in [2.75, 3.05) is 0 Å². The van der Waals surface area contributed by atoms with E-state index in [1.807, 2.05) is 0 Å². The van der Waals surface area contributed by atoms with Gasteiger partial charge in [0, 0.05) is 0 Å². The minimum Gasteiger partial charge on any atom is -0.480 e. The average Bonchev–Trinajstić information content (AvgIpc) is 2.15. The Bertz CT molecular complexity index is 215. The number of aliphatic hydroxyl groups excluding tert-OH is 2. The largest absolute Gasteiger partial charge is 2.00 e. The SMILES string of the molecule is CC(O)C(N)C(=O)O.CC(O)C(N)C(=O)O.[Co+2].[OH3+].[OH3+]. The van der Waals surface area contributed by atoms with Crippen LogP contribution in [0.2, 0.25) is 0 Å². The van der Waals surface area contributed by atoms with Gasteiger partial charge < -0.3 is 42.8 Å². The van der Waals surface area contributed by atoms with E-state index in [0.717, 1.165) is 0 Å². The monoisotopic (exact) mass is 335 g/mol. The molecule has 10 nitrogen and oxygen atoms in total. The summed E-state index contributed by atoms with van der Waals surface area (Å²) in [5.74, 6) is -2.36. The number of aliphatic hydroxyl groups is 2. The molecule has 0 aromatic carbocycles. The van der Waals surface area contributed by atoms with Crippen LogP contribution in [0, 0.1) is 0 Å². The van der Waals surface area contributed by atoms with Gasteiger partial charge in [-0.2, -0.15) is 0 Å². The van der Waals surface area contributed by atoms with Gasteiger partial charge in [-0.1, -0.05) is 0 Å². The molecule has 4 unspecified atom stereocenters. The normalized spacial score (nSPS) is 14.6. The number of aliphatic carboxylic acids is 2.